The molecule has 0 fully saturated rings. The molecule has 3 N–H and O–H groups in total. The third kappa shape index (κ3) is 66.7. The lowest BCUT2D eigenvalue weighted by atomic mass is 10.0. The lowest BCUT2D eigenvalue weighted by Gasteiger charge is -2.20. The van der Waals surface area contributed by atoms with Crippen molar-refractivity contribution in [2.75, 3.05) is 13.2 Å². The number of aliphatic hydroxyl groups excluding tert-OH is 2. The van der Waals surface area contributed by atoms with Gasteiger partial charge in [0.2, 0.25) is 5.91 Å². The molecule has 0 aliphatic carbocycles. The van der Waals surface area contributed by atoms with Gasteiger partial charge in [-0.2, -0.15) is 0 Å². The molecule has 6 nitrogen and oxygen atoms in total. The van der Waals surface area contributed by atoms with Crippen LogP contribution in [-0.4, -0.2) is 47.4 Å². The maximum atomic E-state index is 12.5. The Morgan fingerprint density at radius 1 is 0.341 bits per heavy atom. The van der Waals surface area contributed by atoms with Crippen LogP contribution in [-0.2, 0) is 14.3 Å². The van der Waals surface area contributed by atoms with Crippen LogP contribution in [0.15, 0.2) is 60.8 Å². The number of unbranched alkanes of at least 4 members (excludes halogenated alkanes) is 49. The fraction of sp³-hybridized carbons (Fsp3) is 0.842. The minimum atomic E-state index is -0.852. The highest BCUT2D eigenvalue weighted by molar-refractivity contribution is 5.76. The summed E-state index contributed by atoms with van der Waals surface area (Å²) in [6.07, 6.45) is 94.5. The molecule has 0 bridgehead atoms. The molecule has 480 valence electrons. The summed E-state index contributed by atoms with van der Waals surface area (Å²) in [6, 6.07) is -0.636. The van der Waals surface area contributed by atoms with E-state index >= 15 is 0 Å². The molecule has 0 heterocycles. The van der Waals surface area contributed by atoms with Crippen LogP contribution >= 0.6 is 0 Å². The molecule has 2 unspecified atom stereocenters. The first kappa shape index (κ1) is 79.6. The summed E-state index contributed by atoms with van der Waals surface area (Å²) in [7, 11) is 0. The van der Waals surface area contributed by atoms with Crippen molar-refractivity contribution < 1.29 is 24.5 Å². The van der Waals surface area contributed by atoms with E-state index < -0.39 is 12.1 Å². The zero-order chi connectivity index (χ0) is 59.2. The highest BCUT2D eigenvalue weighted by atomic mass is 16.5. The van der Waals surface area contributed by atoms with Gasteiger partial charge in [-0.05, 0) is 96.3 Å². The van der Waals surface area contributed by atoms with Gasteiger partial charge in [0, 0.05) is 12.8 Å². The number of hydrogen-bond acceptors (Lipinski definition) is 5. The van der Waals surface area contributed by atoms with E-state index in [1.807, 2.05) is 6.08 Å². The van der Waals surface area contributed by atoms with E-state index in [0.717, 1.165) is 57.8 Å². The monoisotopic (exact) mass is 1150 g/mol. The van der Waals surface area contributed by atoms with Gasteiger partial charge in [0.05, 0.1) is 25.4 Å². The molecule has 0 spiro atoms. The van der Waals surface area contributed by atoms with Gasteiger partial charge < -0.3 is 20.3 Å². The Morgan fingerprint density at radius 2 is 0.610 bits per heavy atom. The molecule has 82 heavy (non-hydrogen) atoms. The molecule has 0 radical (unpaired) electrons. The highest BCUT2D eigenvalue weighted by Crippen LogP contribution is 2.18. The minimum absolute atomic E-state index is 0.00543. The summed E-state index contributed by atoms with van der Waals surface area (Å²) in [5, 5.41) is 23.3. The first-order valence-corrected chi connectivity index (χ1v) is 36.6. The van der Waals surface area contributed by atoms with E-state index in [-0.39, 0.29) is 18.5 Å². The molecule has 2 atom stereocenters. The average Bonchev–Trinajstić information content (AvgIpc) is 3.48. The predicted molar refractivity (Wildman–Crippen MR) is 361 cm³/mol. The number of allylic oxidation sites excluding steroid dienone is 9. The molecule has 0 aliphatic heterocycles. The van der Waals surface area contributed by atoms with Crippen molar-refractivity contribution in [3.05, 3.63) is 60.8 Å². The van der Waals surface area contributed by atoms with Crippen molar-refractivity contribution in [1.29, 1.82) is 0 Å². The summed E-state index contributed by atoms with van der Waals surface area (Å²) >= 11 is 0. The van der Waals surface area contributed by atoms with E-state index in [9.17, 15) is 19.8 Å². The standard InChI is InChI=1S/C76H141NO5/c1-3-5-7-9-11-13-15-17-19-20-21-22-23-25-28-31-34-37-41-44-48-52-56-60-64-68-74(79)73(72-78)77-75(80)69-65-61-57-53-49-45-42-38-35-32-29-26-24-27-30-33-36-39-43-47-51-55-59-63-67-71-82-76(81)70-66-62-58-54-50-46-40-18-16-14-12-10-8-6-4-2/h12,14,18,26-27,29-30,40,64,68,73-74,78-79H,3-11,13,15-17,19-25,28,31-39,41-63,65-67,69-72H2,1-2H3,(H,77,80)/b14-12-,29-26-,30-27-,40-18-,68-64+. The third-order valence-electron chi connectivity index (χ3n) is 16.8. The maximum absolute atomic E-state index is 12.5. The molecule has 0 saturated carbocycles. The first-order chi connectivity index (χ1) is 40.5. The van der Waals surface area contributed by atoms with Gasteiger partial charge in [-0.1, -0.05) is 338 Å². The smallest absolute Gasteiger partial charge is 0.305 e. The van der Waals surface area contributed by atoms with Crippen molar-refractivity contribution in [3.8, 4) is 0 Å². The summed E-state index contributed by atoms with van der Waals surface area (Å²) in [5.41, 5.74) is 0. The summed E-state index contributed by atoms with van der Waals surface area (Å²) < 4.78 is 5.48. The Bertz CT molecular complexity index is 1420. The minimum Gasteiger partial charge on any atom is -0.466 e. The Hall–Kier alpha value is -2.44. The summed E-state index contributed by atoms with van der Waals surface area (Å²) in [5.74, 6) is -0.0764. The van der Waals surface area contributed by atoms with Crippen LogP contribution in [0.3, 0.4) is 0 Å². The lowest BCUT2D eigenvalue weighted by Crippen LogP contribution is -2.45. The quantitative estimate of drug-likeness (QED) is 0.0320. The van der Waals surface area contributed by atoms with Crippen LogP contribution in [0.2, 0.25) is 0 Å². The largest absolute Gasteiger partial charge is 0.466 e. The van der Waals surface area contributed by atoms with E-state index in [1.165, 1.54) is 302 Å². The van der Waals surface area contributed by atoms with Gasteiger partial charge in [-0.25, -0.2) is 0 Å². The number of aliphatic hydroxyl groups is 2. The lowest BCUT2D eigenvalue weighted by molar-refractivity contribution is -0.143. The Labute approximate surface area is 511 Å². The molecule has 0 aliphatic rings. The molecule has 0 rings (SSSR count). The summed E-state index contributed by atoms with van der Waals surface area (Å²) in [6.45, 7) is 4.89. The second kappa shape index (κ2) is 71.0. The number of nitrogens with one attached hydrogen (secondary N) is 1. The van der Waals surface area contributed by atoms with E-state index in [2.05, 4.69) is 67.8 Å². The first-order valence-electron chi connectivity index (χ1n) is 36.6. The highest BCUT2D eigenvalue weighted by Gasteiger charge is 2.18. The molecule has 0 aromatic heterocycles. The van der Waals surface area contributed by atoms with Crippen LogP contribution in [0.25, 0.3) is 0 Å². The van der Waals surface area contributed by atoms with E-state index in [1.54, 1.807) is 6.08 Å². The predicted octanol–water partition coefficient (Wildman–Crippen LogP) is 23.8. The van der Waals surface area contributed by atoms with E-state index in [4.69, 9.17) is 4.74 Å². The van der Waals surface area contributed by atoms with Gasteiger partial charge >= 0.3 is 5.97 Å². The number of ether oxygens (including phenoxy) is 1. The third-order valence-corrected chi connectivity index (χ3v) is 16.8. The van der Waals surface area contributed by atoms with Crippen molar-refractivity contribution in [1.82, 2.24) is 5.32 Å². The molecule has 6 heteroatoms. The zero-order valence-electron chi connectivity index (χ0n) is 55.0. The van der Waals surface area contributed by atoms with Gasteiger partial charge in [-0.15, -0.1) is 0 Å². The average molecular weight is 1150 g/mol. The maximum Gasteiger partial charge on any atom is 0.305 e. The van der Waals surface area contributed by atoms with Crippen molar-refractivity contribution in [2.24, 2.45) is 0 Å². The second-order valence-electron chi connectivity index (χ2n) is 24.9. The molecule has 0 aromatic carbocycles. The van der Waals surface area contributed by atoms with Crippen LogP contribution < -0.4 is 5.32 Å². The summed E-state index contributed by atoms with van der Waals surface area (Å²) in [4.78, 5) is 24.6. The topological polar surface area (TPSA) is 95.9 Å². The Balaban J connectivity index is 3.47. The van der Waals surface area contributed by atoms with Crippen LogP contribution in [0.1, 0.15) is 386 Å². The fourth-order valence-electron chi connectivity index (χ4n) is 11.2. The number of esters is 1. The number of amides is 1. The SMILES string of the molecule is CCCCC/C=C\C/C=C\CCCCCCCC(=O)OCCCCCCCCCCC/C=C\C/C=C\CCCCCCCCCCCC(=O)NC(CO)C(O)/C=C/CCCCCCCCCCCCCCCCCCCCCCCCC. The Morgan fingerprint density at radius 3 is 0.951 bits per heavy atom. The van der Waals surface area contributed by atoms with E-state index in [0.29, 0.717) is 19.4 Å². The van der Waals surface area contributed by atoms with Crippen molar-refractivity contribution in [3.63, 3.8) is 0 Å². The van der Waals surface area contributed by atoms with Gasteiger partial charge in [0.25, 0.3) is 0 Å². The molecular formula is C76H141NO5. The molecule has 0 aromatic rings. The number of rotatable bonds is 68. The van der Waals surface area contributed by atoms with Crippen LogP contribution in [0.4, 0.5) is 0 Å². The second-order valence-corrected chi connectivity index (χ2v) is 24.9. The van der Waals surface area contributed by atoms with Gasteiger partial charge in [0.1, 0.15) is 0 Å². The van der Waals surface area contributed by atoms with Crippen molar-refractivity contribution >= 4 is 11.9 Å². The van der Waals surface area contributed by atoms with Gasteiger partial charge in [-0.3, -0.25) is 9.59 Å². The fourth-order valence-corrected chi connectivity index (χ4v) is 11.2. The van der Waals surface area contributed by atoms with Crippen LogP contribution in [0.5, 0.6) is 0 Å². The molecule has 0 saturated heterocycles. The van der Waals surface area contributed by atoms with Crippen molar-refractivity contribution in [2.45, 2.75) is 398 Å². The van der Waals surface area contributed by atoms with Gasteiger partial charge in [0.15, 0.2) is 0 Å². The van der Waals surface area contributed by atoms with Crippen LogP contribution in [0, 0.1) is 0 Å². The normalized spacial score (nSPS) is 12.9. The number of carbonyl (C=O) groups is 2. The molecular weight excluding hydrogens is 1010 g/mol. The Kier molecular flexibility index (Phi) is 68.9. The number of carbonyl (C=O) groups excluding carboxylic acids is 2. The molecule has 1 amide bonds. The zero-order valence-corrected chi connectivity index (χ0v) is 55.0. The number of hydrogen-bond donors (Lipinski definition) is 3.